The molecule has 18 heavy (non-hydrogen) atoms. The average molecular weight is 272 g/mol. The van der Waals surface area contributed by atoms with Gasteiger partial charge in [-0.3, -0.25) is 10.1 Å². The van der Waals surface area contributed by atoms with Gasteiger partial charge in [0.1, 0.15) is 6.10 Å². The number of benzene rings is 1. The predicted octanol–water partition coefficient (Wildman–Crippen LogP) is 2.01. The first kappa shape index (κ1) is 14.1. The van der Waals surface area contributed by atoms with Gasteiger partial charge in [-0.25, -0.2) is 4.79 Å². The largest absolute Gasteiger partial charge is 0.466 e. The Morgan fingerprint density at radius 2 is 2.22 bits per heavy atom. The number of carbonyl (C=O) groups excluding carboxylic acids is 1. The van der Waals surface area contributed by atoms with Gasteiger partial charge in [0.05, 0.1) is 17.6 Å². The number of non-ortho nitro benzene ring substituents is 1. The number of hydrogen-bond acceptors (Lipinski definition) is 5. The lowest BCUT2D eigenvalue weighted by atomic mass is 10.0. The molecule has 0 unspecified atom stereocenters. The molecule has 1 aromatic rings. The van der Waals surface area contributed by atoms with E-state index in [1.807, 2.05) is 0 Å². The summed E-state index contributed by atoms with van der Waals surface area (Å²) >= 11 is 5.81. The van der Waals surface area contributed by atoms with Crippen LogP contribution in [0.4, 0.5) is 5.69 Å². The quantitative estimate of drug-likeness (QED) is 0.391. The van der Waals surface area contributed by atoms with E-state index in [0.29, 0.717) is 0 Å². The molecule has 0 amide bonds. The third-order valence-electron chi connectivity index (χ3n) is 2.26. The summed E-state index contributed by atoms with van der Waals surface area (Å²) in [6.07, 6.45) is -1.45. The molecule has 0 saturated carbocycles. The number of halogens is 1. The Morgan fingerprint density at radius 1 is 1.61 bits per heavy atom. The van der Waals surface area contributed by atoms with Crippen molar-refractivity contribution in [2.75, 3.05) is 7.11 Å². The molecule has 0 aromatic heterocycles. The Hall–Kier alpha value is -1.92. The zero-order chi connectivity index (χ0) is 13.9. The lowest BCUT2D eigenvalue weighted by molar-refractivity contribution is -0.385. The summed E-state index contributed by atoms with van der Waals surface area (Å²) in [5.74, 6) is -0.815. The van der Waals surface area contributed by atoms with Gasteiger partial charge in [0.15, 0.2) is 0 Å². The van der Waals surface area contributed by atoms with Crippen molar-refractivity contribution in [1.29, 1.82) is 0 Å². The van der Waals surface area contributed by atoms with Crippen LogP contribution in [0.15, 0.2) is 30.4 Å². The normalized spacial score (nSPS) is 11.7. The Kier molecular flexibility index (Phi) is 4.41. The first-order valence-electron chi connectivity index (χ1n) is 4.77. The third-order valence-corrected chi connectivity index (χ3v) is 2.61. The lowest BCUT2D eigenvalue weighted by Gasteiger charge is -2.13. The third kappa shape index (κ3) is 2.85. The molecule has 1 atom stereocenters. The van der Waals surface area contributed by atoms with Gasteiger partial charge in [-0.2, -0.15) is 0 Å². The second-order valence-corrected chi connectivity index (χ2v) is 3.79. The number of aliphatic hydroxyl groups is 1. The Morgan fingerprint density at radius 3 is 2.72 bits per heavy atom. The average Bonchev–Trinajstić information content (AvgIpc) is 2.36. The highest BCUT2D eigenvalue weighted by atomic mass is 35.5. The molecular weight excluding hydrogens is 262 g/mol. The van der Waals surface area contributed by atoms with E-state index < -0.39 is 17.0 Å². The Labute approximate surface area is 108 Å². The maximum atomic E-state index is 11.2. The molecule has 0 aliphatic heterocycles. The molecule has 1 rings (SSSR count). The number of aliphatic hydroxyl groups excluding tert-OH is 1. The van der Waals surface area contributed by atoms with Crippen molar-refractivity contribution in [2.24, 2.45) is 0 Å². The highest BCUT2D eigenvalue weighted by molar-refractivity contribution is 6.31. The van der Waals surface area contributed by atoms with Crippen molar-refractivity contribution in [3.8, 4) is 0 Å². The number of nitrogens with zero attached hydrogens (tertiary/aromatic N) is 1. The second-order valence-electron chi connectivity index (χ2n) is 3.38. The van der Waals surface area contributed by atoms with Crippen molar-refractivity contribution in [1.82, 2.24) is 0 Å². The summed E-state index contributed by atoms with van der Waals surface area (Å²) in [5, 5.41) is 20.6. The molecule has 0 radical (unpaired) electrons. The van der Waals surface area contributed by atoms with Crippen LogP contribution >= 0.6 is 11.6 Å². The molecule has 0 saturated heterocycles. The van der Waals surface area contributed by atoms with Gasteiger partial charge in [-0.15, -0.1) is 0 Å². The predicted molar refractivity (Wildman–Crippen MR) is 64.2 cm³/mol. The number of rotatable bonds is 4. The lowest BCUT2D eigenvalue weighted by Crippen LogP contribution is -2.12. The number of nitro groups is 1. The van der Waals surface area contributed by atoms with Crippen LogP contribution in [0.5, 0.6) is 0 Å². The molecule has 1 aromatic carbocycles. The molecule has 0 aliphatic rings. The van der Waals surface area contributed by atoms with Crippen LogP contribution in [-0.2, 0) is 9.53 Å². The van der Waals surface area contributed by atoms with Crippen LogP contribution in [0.25, 0.3) is 0 Å². The van der Waals surface area contributed by atoms with E-state index in [1.165, 1.54) is 12.1 Å². The number of ether oxygens (including phenoxy) is 1. The van der Waals surface area contributed by atoms with Crippen molar-refractivity contribution >= 4 is 23.3 Å². The van der Waals surface area contributed by atoms with Crippen LogP contribution in [0.1, 0.15) is 11.7 Å². The first-order chi connectivity index (χ1) is 8.38. The zero-order valence-electron chi connectivity index (χ0n) is 9.42. The molecular formula is C11H10ClNO5. The van der Waals surface area contributed by atoms with E-state index >= 15 is 0 Å². The smallest absolute Gasteiger partial charge is 0.336 e. The SMILES string of the molecule is C=C(C(=O)OC)[C@@H](O)c1cc([N+](=O)[O-])ccc1Cl. The van der Waals surface area contributed by atoms with Crippen LogP contribution in [0, 0.1) is 10.1 Å². The number of esters is 1. The Balaban J connectivity index is 3.16. The van der Waals surface area contributed by atoms with Crippen LogP contribution < -0.4 is 0 Å². The number of carbonyl (C=O) groups is 1. The van der Waals surface area contributed by atoms with Gasteiger partial charge in [-0.1, -0.05) is 18.2 Å². The highest BCUT2D eigenvalue weighted by Crippen LogP contribution is 2.31. The minimum Gasteiger partial charge on any atom is -0.466 e. The fraction of sp³-hybridized carbons (Fsp3) is 0.182. The number of nitro benzene ring substituents is 1. The van der Waals surface area contributed by atoms with E-state index in [-0.39, 0.29) is 21.8 Å². The van der Waals surface area contributed by atoms with Crippen molar-refractivity contribution < 1.29 is 19.6 Å². The summed E-state index contributed by atoms with van der Waals surface area (Å²) in [4.78, 5) is 21.2. The minimum absolute atomic E-state index is 0.0290. The molecule has 7 heteroatoms. The van der Waals surface area contributed by atoms with E-state index in [9.17, 15) is 20.0 Å². The second kappa shape index (κ2) is 5.61. The molecule has 6 nitrogen and oxygen atoms in total. The van der Waals surface area contributed by atoms with Gasteiger partial charge in [0, 0.05) is 22.7 Å². The van der Waals surface area contributed by atoms with Gasteiger partial charge < -0.3 is 9.84 Å². The molecule has 96 valence electrons. The summed E-state index contributed by atoms with van der Waals surface area (Å²) in [6.45, 7) is 3.36. The summed E-state index contributed by atoms with van der Waals surface area (Å²) in [5.41, 5.74) is -0.465. The zero-order valence-corrected chi connectivity index (χ0v) is 10.2. The number of methoxy groups -OCH3 is 1. The van der Waals surface area contributed by atoms with Crippen LogP contribution in [-0.4, -0.2) is 23.1 Å². The summed E-state index contributed by atoms with van der Waals surface area (Å²) in [6, 6.07) is 3.55. The Bertz CT molecular complexity index is 514. The minimum atomic E-state index is -1.45. The highest BCUT2D eigenvalue weighted by Gasteiger charge is 2.23. The maximum absolute atomic E-state index is 11.2. The molecule has 1 N–H and O–H groups in total. The molecule has 0 bridgehead atoms. The number of hydrogen-bond donors (Lipinski definition) is 1. The van der Waals surface area contributed by atoms with Crippen LogP contribution in [0.3, 0.4) is 0 Å². The van der Waals surface area contributed by atoms with Gasteiger partial charge in [0.2, 0.25) is 0 Å². The molecule has 0 heterocycles. The molecule has 0 spiro atoms. The monoisotopic (exact) mass is 271 g/mol. The fourth-order valence-electron chi connectivity index (χ4n) is 1.28. The summed E-state index contributed by atoms with van der Waals surface area (Å²) < 4.78 is 4.40. The van der Waals surface area contributed by atoms with Crippen molar-refractivity contribution in [3.63, 3.8) is 0 Å². The first-order valence-corrected chi connectivity index (χ1v) is 5.15. The maximum Gasteiger partial charge on any atom is 0.336 e. The summed E-state index contributed by atoms with van der Waals surface area (Å²) in [7, 11) is 1.13. The topological polar surface area (TPSA) is 89.7 Å². The standard InChI is InChI=1S/C11H10ClNO5/c1-6(11(15)18-2)10(14)8-5-7(13(16)17)3-4-9(8)12/h3-5,10,14H,1H2,2H3/t10-/m1/s1. The van der Waals surface area contributed by atoms with E-state index in [4.69, 9.17) is 11.6 Å². The van der Waals surface area contributed by atoms with Gasteiger partial charge in [0.25, 0.3) is 5.69 Å². The van der Waals surface area contributed by atoms with E-state index in [0.717, 1.165) is 13.2 Å². The van der Waals surface area contributed by atoms with Gasteiger partial charge in [-0.05, 0) is 6.07 Å². The molecule has 0 fully saturated rings. The van der Waals surface area contributed by atoms with E-state index in [1.54, 1.807) is 0 Å². The van der Waals surface area contributed by atoms with Crippen molar-refractivity contribution in [2.45, 2.75) is 6.10 Å². The molecule has 0 aliphatic carbocycles. The van der Waals surface area contributed by atoms with Gasteiger partial charge >= 0.3 is 5.97 Å². The fourth-order valence-corrected chi connectivity index (χ4v) is 1.51. The van der Waals surface area contributed by atoms with Crippen molar-refractivity contribution in [3.05, 3.63) is 51.1 Å². The van der Waals surface area contributed by atoms with E-state index in [2.05, 4.69) is 11.3 Å². The van der Waals surface area contributed by atoms with Crippen LogP contribution in [0.2, 0.25) is 5.02 Å².